The molecule has 1 unspecified atom stereocenters. The Bertz CT molecular complexity index is 1740. The topological polar surface area (TPSA) is 158 Å². The van der Waals surface area contributed by atoms with Crippen molar-refractivity contribution >= 4 is 45.2 Å². The lowest BCUT2D eigenvalue weighted by molar-refractivity contribution is -0.307. The summed E-state index contributed by atoms with van der Waals surface area (Å²) >= 11 is 1.08. The number of fused-ring (bicyclic) bond motifs is 7. The second-order valence-electron chi connectivity index (χ2n) is 15.4. The number of pyridine rings is 2. The molecule has 5 heterocycles. The third-order valence-corrected chi connectivity index (χ3v) is 12.4. The molecule has 5 N–H and O–H groups in total. The van der Waals surface area contributed by atoms with E-state index in [1.165, 1.54) is 4.68 Å². The number of carbonyl (C=O) groups is 1. The minimum atomic E-state index is -2.39. The van der Waals surface area contributed by atoms with Crippen molar-refractivity contribution in [2.45, 2.75) is 80.5 Å². The number of rotatable bonds is 5. The number of ether oxygens (including phenoxy) is 1. The fraction of sp³-hybridized carbons (Fsp3) is 0.562. The SMILES string of the molecule is BC(B)(C1C2(CC2)C12CC2)C(O)(O)Oc1ccn(-c2ccc3c(n2)N2CC(CCCNc4nc(ccc4O)SNC3=O)CC2(C)C)n1. The zero-order chi connectivity index (χ0) is 33.0. The Morgan fingerprint density at radius 2 is 1.81 bits per heavy atom. The van der Waals surface area contributed by atoms with E-state index >= 15 is 0 Å². The first-order valence-electron chi connectivity index (χ1n) is 16.7. The highest BCUT2D eigenvalue weighted by Crippen LogP contribution is 2.96. The number of hydrogen-bond acceptors (Lipinski definition) is 11. The molecule has 3 aromatic heterocycles. The largest absolute Gasteiger partial charge is 0.504 e. The lowest BCUT2D eigenvalue weighted by Crippen LogP contribution is -2.51. The van der Waals surface area contributed by atoms with E-state index < -0.39 is 11.2 Å². The first-order chi connectivity index (χ1) is 22.3. The van der Waals surface area contributed by atoms with Crippen molar-refractivity contribution in [1.29, 1.82) is 0 Å². The molecular weight excluding hydrogens is 616 g/mol. The van der Waals surface area contributed by atoms with Crippen molar-refractivity contribution in [3.05, 3.63) is 42.1 Å². The molecule has 12 nitrogen and oxygen atoms in total. The van der Waals surface area contributed by atoms with Crippen molar-refractivity contribution < 1.29 is 24.9 Å². The van der Waals surface area contributed by atoms with Gasteiger partial charge in [-0.15, -0.1) is 5.10 Å². The van der Waals surface area contributed by atoms with Crippen molar-refractivity contribution in [2.75, 3.05) is 23.3 Å². The summed E-state index contributed by atoms with van der Waals surface area (Å²) in [5, 5.41) is 40.3. The average molecular weight is 657 g/mol. The Kier molecular flexibility index (Phi) is 6.76. The zero-order valence-corrected chi connectivity index (χ0v) is 28.1. The molecule has 1 atom stereocenters. The van der Waals surface area contributed by atoms with Gasteiger partial charge in [0.25, 0.3) is 5.91 Å². The van der Waals surface area contributed by atoms with Crippen molar-refractivity contribution in [3.63, 3.8) is 0 Å². The van der Waals surface area contributed by atoms with Gasteiger partial charge in [0, 0.05) is 48.1 Å². The first-order valence-corrected chi connectivity index (χ1v) is 17.5. The summed E-state index contributed by atoms with van der Waals surface area (Å²) in [5.74, 6) is -0.532. The van der Waals surface area contributed by atoms with E-state index in [1.807, 2.05) is 15.7 Å². The molecule has 0 radical (unpaired) electrons. The van der Waals surface area contributed by atoms with E-state index in [-0.39, 0.29) is 39.8 Å². The van der Waals surface area contributed by atoms with Gasteiger partial charge in [-0.2, -0.15) is 0 Å². The number of amides is 1. The second kappa shape index (κ2) is 10.3. The van der Waals surface area contributed by atoms with E-state index in [4.69, 9.17) is 9.72 Å². The van der Waals surface area contributed by atoms with Crippen LogP contribution in [0.2, 0.25) is 5.21 Å². The van der Waals surface area contributed by atoms with Crippen LogP contribution in [0.15, 0.2) is 41.6 Å². The molecule has 1 amide bonds. The molecular formula is C32H41B2N7O5S. The van der Waals surface area contributed by atoms with Crippen LogP contribution in [0.1, 0.15) is 69.2 Å². The lowest BCUT2D eigenvalue weighted by Gasteiger charge is -2.38. The van der Waals surface area contributed by atoms with Crippen molar-refractivity contribution in [1.82, 2.24) is 24.5 Å². The Balaban J connectivity index is 1.08. The minimum Gasteiger partial charge on any atom is -0.504 e. The molecule has 1 saturated heterocycles. The molecule has 5 aliphatic rings. The Morgan fingerprint density at radius 1 is 1.06 bits per heavy atom. The molecule has 3 aliphatic carbocycles. The van der Waals surface area contributed by atoms with E-state index in [1.54, 1.807) is 36.5 Å². The lowest BCUT2D eigenvalue weighted by atomic mass is 9.48. The highest BCUT2D eigenvalue weighted by molar-refractivity contribution is 7.97. The van der Waals surface area contributed by atoms with Crippen LogP contribution in [-0.2, 0) is 0 Å². The van der Waals surface area contributed by atoms with E-state index in [9.17, 15) is 20.1 Å². The number of nitrogens with zero attached hydrogens (tertiary/aromatic N) is 5. The third kappa shape index (κ3) is 4.90. The Morgan fingerprint density at radius 3 is 2.53 bits per heavy atom. The predicted molar refractivity (Wildman–Crippen MR) is 182 cm³/mol. The number of aliphatic hydroxyl groups is 2. The van der Waals surface area contributed by atoms with Crippen LogP contribution in [0.4, 0.5) is 11.6 Å². The molecule has 8 rings (SSSR count). The number of anilines is 2. The normalized spacial score (nSPS) is 24.1. The molecule has 15 heteroatoms. The molecule has 47 heavy (non-hydrogen) atoms. The summed E-state index contributed by atoms with van der Waals surface area (Å²) in [6.45, 7) is 5.75. The maximum Gasteiger partial charge on any atom is 0.314 e. The van der Waals surface area contributed by atoms with Crippen LogP contribution in [0.5, 0.6) is 11.6 Å². The van der Waals surface area contributed by atoms with E-state index in [0.717, 1.165) is 63.4 Å². The minimum absolute atomic E-state index is 0.0704. The third-order valence-electron chi connectivity index (χ3n) is 11.7. The summed E-state index contributed by atoms with van der Waals surface area (Å²) < 4.78 is 10.3. The van der Waals surface area contributed by atoms with Crippen LogP contribution in [-0.4, -0.2) is 81.3 Å². The summed E-state index contributed by atoms with van der Waals surface area (Å²) in [5.41, 5.74) is 0.693. The maximum atomic E-state index is 13.7. The summed E-state index contributed by atoms with van der Waals surface area (Å²) in [7, 11) is 3.78. The van der Waals surface area contributed by atoms with Crippen LogP contribution in [0, 0.1) is 22.7 Å². The predicted octanol–water partition coefficient (Wildman–Crippen LogP) is 2.21. The standard InChI is InChI=1S/C32H41B2N7O5S/c1-28(2)16-18-4-3-14-35-24-20(42)6-8-23(37-24)47-39-26(43)19-5-7-21(36-25(19)40(28)17-18)41-15-9-22(38-41)46-32(44,45)31(33,34)27-29(10-11-29)30(27)12-13-30/h5-9,15,18,27,42,44-45H,3-4,10-14,16-17,33-34H2,1-2H3,(H,35,37)(H,39,43). The molecule has 0 aromatic carbocycles. The highest BCUT2D eigenvalue weighted by atomic mass is 32.2. The molecule has 2 aliphatic heterocycles. The zero-order valence-electron chi connectivity index (χ0n) is 27.3. The van der Waals surface area contributed by atoms with Gasteiger partial charge in [0.05, 0.1) is 5.56 Å². The molecule has 2 spiro atoms. The first kappa shape index (κ1) is 30.9. The monoisotopic (exact) mass is 657 g/mol. The van der Waals surface area contributed by atoms with Crippen molar-refractivity contribution in [2.24, 2.45) is 22.7 Å². The molecule has 3 aromatic rings. The van der Waals surface area contributed by atoms with Gasteiger partial charge in [0.2, 0.25) is 5.88 Å². The Labute approximate surface area is 280 Å². The average Bonchev–Trinajstić information content (AvgIpc) is 3.97. The summed E-state index contributed by atoms with van der Waals surface area (Å²) in [4.78, 5) is 25.4. The number of nitrogens with one attached hydrogen (secondary N) is 2. The molecule has 246 valence electrons. The molecule has 3 saturated carbocycles. The van der Waals surface area contributed by atoms with Gasteiger partial charge < -0.3 is 30.3 Å². The van der Waals surface area contributed by atoms with Gasteiger partial charge in [0.15, 0.2) is 17.4 Å². The molecule has 4 bridgehead atoms. The number of hydrogen-bond donors (Lipinski definition) is 5. The molecule has 4 fully saturated rings. The number of aromatic hydroxyl groups is 1. The fourth-order valence-electron chi connectivity index (χ4n) is 9.19. The van der Waals surface area contributed by atoms with Crippen LogP contribution >= 0.6 is 11.9 Å². The van der Waals surface area contributed by atoms with Crippen molar-refractivity contribution in [3.8, 4) is 17.4 Å². The quantitative estimate of drug-likeness (QED) is 0.156. The Hall–Kier alpha value is -3.42. The summed E-state index contributed by atoms with van der Waals surface area (Å²) in [6.07, 6.45) is 9.11. The van der Waals surface area contributed by atoms with E-state index in [0.29, 0.717) is 40.5 Å². The maximum absolute atomic E-state index is 13.7. The second-order valence-corrected chi connectivity index (χ2v) is 16.3. The van der Waals surface area contributed by atoms with Crippen LogP contribution in [0.3, 0.4) is 0 Å². The van der Waals surface area contributed by atoms with Gasteiger partial charge in [-0.1, -0.05) is 0 Å². The van der Waals surface area contributed by atoms with Gasteiger partial charge in [-0.25, -0.2) is 14.6 Å². The van der Waals surface area contributed by atoms with E-state index in [2.05, 4.69) is 38.9 Å². The van der Waals surface area contributed by atoms with Gasteiger partial charge >= 0.3 is 5.97 Å². The van der Waals surface area contributed by atoms with Gasteiger partial charge in [-0.05, 0) is 106 Å². The van der Waals surface area contributed by atoms with Gasteiger partial charge in [0.1, 0.15) is 26.5 Å². The summed E-state index contributed by atoms with van der Waals surface area (Å²) in [6, 6.07) is 8.30. The number of carbonyl (C=O) groups excluding carboxylic acids is 1. The van der Waals surface area contributed by atoms with Crippen LogP contribution < -0.4 is 19.7 Å². The number of aromatic nitrogens is 4. The highest BCUT2D eigenvalue weighted by Gasteiger charge is 2.90. The smallest absolute Gasteiger partial charge is 0.314 e. The van der Waals surface area contributed by atoms with Crippen LogP contribution in [0.25, 0.3) is 5.82 Å². The fourth-order valence-corrected chi connectivity index (χ4v) is 9.77. The van der Waals surface area contributed by atoms with Gasteiger partial charge in [-0.3, -0.25) is 9.52 Å².